The van der Waals surface area contributed by atoms with E-state index in [2.05, 4.69) is 67.9 Å². The van der Waals surface area contributed by atoms with E-state index in [1.54, 1.807) is 0 Å². The molecule has 2 rings (SSSR count). The number of pyridine rings is 1. The van der Waals surface area contributed by atoms with Crippen LogP contribution in [-0.2, 0) is 7.05 Å². The predicted molar refractivity (Wildman–Crippen MR) is 178 cm³/mol. The summed E-state index contributed by atoms with van der Waals surface area (Å²) in [5.74, 6) is 1.79. The van der Waals surface area contributed by atoms with E-state index in [0.29, 0.717) is 0 Å². The number of ether oxygens (including phenoxy) is 2. The van der Waals surface area contributed by atoms with Crippen LogP contribution in [0.5, 0.6) is 11.8 Å². The largest absolute Gasteiger partial charge is 0.673 e. The molecule has 0 saturated carbocycles. The van der Waals surface area contributed by atoms with Gasteiger partial charge in [0.2, 0.25) is 0 Å². The van der Waals surface area contributed by atoms with Crippen molar-refractivity contribution < 1.29 is 31.3 Å². The predicted octanol–water partition coefficient (Wildman–Crippen LogP) is 12.1. The number of nitrogens with zero attached hydrogens (tertiary/aromatic N) is 1. The van der Waals surface area contributed by atoms with Crippen LogP contribution < -0.4 is 14.0 Å². The summed E-state index contributed by atoms with van der Waals surface area (Å²) in [6.07, 6.45) is 26.8. The third-order valence-corrected chi connectivity index (χ3v) is 7.82. The maximum atomic E-state index is 9.75. The van der Waals surface area contributed by atoms with Crippen molar-refractivity contribution >= 4 is 7.25 Å². The molecular formula is C36H60BF4NO2. The molecule has 0 aliphatic rings. The number of hydrogen-bond acceptors (Lipinski definition) is 2. The second-order valence-corrected chi connectivity index (χ2v) is 11.9. The summed E-state index contributed by atoms with van der Waals surface area (Å²) in [4.78, 5) is 0. The molecule has 0 atom stereocenters. The van der Waals surface area contributed by atoms with Gasteiger partial charge in [0.05, 0.1) is 25.3 Å². The van der Waals surface area contributed by atoms with Crippen molar-refractivity contribution in [3.05, 3.63) is 42.5 Å². The summed E-state index contributed by atoms with van der Waals surface area (Å²) in [7, 11) is -3.93. The van der Waals surface area contributed by atoms with Crippen molar-refractivity contribution in [1.29, 1.82) is 0 Å². The minimum absolute atomic E-state index is 0.764. The number of rotatable bonds is 25. The average Bonchev–Trinajstić information content (AvgIpc) is 2.99. The lowest BCUT2D eigenvalue weighted by Crippen LogP contribution is -2.33. The molecule has 0 unspecified atom stereocenters. The molecule has 1 aromatic carbocycles. The van der Waals surface area contributed by atoms with Gasteiger partial charge in [0.15, 0.2) is 0 Å². The highest BCUT2D eigenvalue weighted by Gasteiger charge is 2.21. The van der Waals surface area contributed by atoms with Gasteiger partial charge in [-0.1, -0.05) is 160 Å². The number of aromatic nitrogens is 1. The Morgan fingerprint density at radius 1 is 0.500 bits per heavy atom. The van der Waals surface area contributed by atoms with Gasteiger partial charge >= 0.3 is 19.0 Å². The lowest BCUT2D eigenvalue weighted by molar-refractivity contribution is -0.682. The topological polar surface area (TPSA) is 22.3 Å². The Morgan fingerprint density at radius 3 is 1.16 bits per heavy atom. The van der Waals surface area contributed by atoms with Gasteiger partial charge in [-0.05, 0) is 18.4 Å². The van der Waals surface area contributed by atoms with Gasteiger partial charge in [-0.25, -0.2) is 0 Å². The van der Waals surface area contributed by atoms with Crippen LogP contribution in [-0.4, -0.2) is 20.5 Å². The molecule has 3 nitrogen and oxygen atoms in total. The molecule has 8 heteroatoms. The van der Waals surface area contributed by atoms with Crippen LogP contribution in [0.1, 0.15) is 142 Å². The Bertz CT molecular complexity index is 890. The first kappa shape index (κ1) is 39.8. The van der Waals surface area contributed by atoms with Gasteiger partial charge in [-0.3, -0.25) is 0 Å². The number of unbranched alkanes of at least 4 members (excludes halogenated alkanes) is 18. The average molecular weight is 626 g/mol. The Labute approximate surface area is 266 Å². The van der Waals surface area contributed by atoms with Crippen LogP contribution in [0.4, 0.5) is 17.3 Å². The van der Waals surface area contributed by atoms with Crippen LogP contribution in [0.3, 0.4) is 0 Å². The van der Waals surface area contributed by atoms with E-state index >= 15 is 0 Å². The van der Waals surface area contributed by atoms with E-state index in [1.165, 1.54) is 121 Å². The van der Waals surface area contributed by atoms with Gasteiger partial charge in [0, 0.05) is 5.56 Å². The zero-order chi connectivity index (χ0) is 32.3. The molecule has 0 aliphatic carbocycles. The van der Waals surface area contributed by atoms with E-state index in [4.69, 9.17) is 9.47 Å². The lowest BCUT2D eigenvalue weighted by Gasteiger charge is -2.11. The highest BCUT2D eigenvalue weighted by molar-refractivity contribution is 6.50. The fourth-order valence-electron chi connectivity index (χ4n) is 5.22. The van der Waals surface area contributed by atoms with Crippen molar-refractivity contribution in [2.75, 3.05) is 13.2 Å². The van der Waals surface area contributed by atoms with Crippen LogP contribution in [0.25, 0.3) is 11.1 Å². The fourth-order valence-corrected chi connectivity index (χ4v) is 5.22. The smallest absolute Gasteiger partial charge is 0.444 e. The molecule has 0 fully saturated rings. The van der Waals surface area contributed by atoms with E-state index < -0.39 is 7.25 Å². The van der Waals surface area contributed by atoms with Crippen molar-refractivity contribution in [3.63, 3.8) is 0 Å². The first-order valence-corrected chi connectivity index (χ1v) is 17.5. The molecule has 0 bridgehead atoms. The van der Waals surface area contributed by atoms with E-state index in [9.17, 15) is 17.3 Å². The van der Waals surface area contributed by atoms with E-state index in [-0.39, 0.29) is 0 Å². The molecule has 0 radical (unpaired) electrons. The molecule has 1 heterocycles. The zero-order valence-electron chi connectivity index (χ0n) is 28.0. The molecule has 0 spiro atoms. The highest BCUT2D eigenvalue weighted by Crippen LogP contribution is 2.26. The van der Waals surface area contributed by atoms with Gasteiger partial charge < -0.3 is 26.7 Å². The summed E-state index contributed by atoms with van der Waals surface area (Å²) >= 11 is 0. The van der Waals surface area contributed by atoms with Gasteiger partial charge in [0.1, 0.15) is 7.05 Å². The first-order chi connectivity index (χ1) is 21.3. The molecule has 44 heavy (non-hydrogen) atoms. The van der Waals surface area contributed by atoms with Crippen LogP contribution in [0.2, 0.25) is 0 Å². The molecule has 0 saturated heterocycles. The van der Waals surface area contributed by atoms with Crippen molar-refractivity contribution in [2.45, 2.75) is 142 Å². The SMILES string of the molecule is CCCCCCCCCCCCOc1cc(-c2ccccc2)cc(OCCCCCCCCCCCC)[n+]1C.F[B-](F)(F)F. The highest BCUT2D eigenvalue weighted by atomic mass is 19.5. The molecule has 0 N–H and O–H groups in total. The Morgan fingerprint density at radius 2 is 0.818 bits per heavy atom. The number of hydrogen-bond donors (Lipinski definition) is 0. The second-order valence-electron chi connectivity index (χ2n) is 11.9. The van der Waals surface area contributed by atoms with Gasteiger partial charge in [-0.15, -0.1) is 4.57 Å². The molecule has 0 amide bonds. The zero-order valence-corrected chi connectivity index (χ0v) is 28.0. The maximum absolute atomic E-state index is 9.75. The Hall–Kier alpha value is -2.25. The molecule has 252 valence electrons. The monoisotopic (exact) mass is 625 g/mol. The molecule has 0 aliphatic heterocycles. The van der Waals surface area contributed by atoms with Crippen molar-refractivity contribution in [3.8, 4) is 22.9 Å². The van der Waals surface area contributed by atoms with Crippen molar-refractivity contribution in [2.24, 2.45) is 7.05 Å². The number of benzene rings is 1. The molecule has 2 aromatic rings. The van der Waals surface area contributed by atoms with E-state index in [1.807, 2.05) is 0 Å². The summed E-state index contributed by atoms with van der Waals surface area (Å²) in [5.41, 5.74) is 2.36. The second kappa shape index (κ2) is 26.0. The standard InChI is InChI=1S/C36H60NO2.BF4/c1-4-6-8-10-12-14-16-18-20-25-29-38-35-31-34(33-27-23-22-24-28-33)32-36(37(35)3)39-30-26-21-19-17-15-13-11-9-7-5-2;2-1(3,4)5/h22-24,27-28,31-32H,4-21,25-26,29-30H2,1-3H3;/q+1;-1. The van der Waals surface area contributed by atoms with Crippen LogP contribution in [0.15, 0.2) is 42.5 Å². The minimum atomic E-state index is -6.00. The van der Waals surface area contributed by atoms with Gasteiger partial charge in [0.25, 0.3) is 0 Å². The third kappa shape index (κ3) is 22.3. The minimum Gasteiger partial charge on any atom is -0.444 e. The Balaban J connectivity index is 0.00000178. The summed E-state index contributed by atoms with van der Waals surface area (Å²) in [6.45, 7) is 6.10. The summed E-state index contributed by atoms with van der Waals surface area (Å²) in [6, 6.07) is 14.9. The van der Waals surface area contributed by atoms with E-state index in [0.717, 1.165) is 43.4 Å². The lowest BCUT2D eigenvalue weighted by atomic mass is 10.1. The molecule has 1 aromatic heterocycles. The number of halogens is 4. The molecular weight excluding hydrogens is 565 g/mol. The van der Waals surface area contributed by atoms with Gasteiger partial charge in [-0.2, -0.15) is 0 Å². The van der Waals surface area contributed by atoms with Crippen LogP contribution >= 0.6 is 0 Å². The quantitative estimate of drug-likeness (QED) is 0.0474. The fraction of sp³-hybridized carbons (Fsp3) is 0.694. The summed E-state index contributed by atoms with van der Waals surface area (Å²) < 4.78 is 53.7. The Kier molecular flexibility index (Phi) is 23.5. The normalized spacial score (nSPS) is 11.2. The van der Waals surface area contributed by atoms with Crippen molar-refractivity contribution in [1.82, 2.24) is 0 Å². The summed E-state index contributed by atoms with van der Waals surface area (Å²) in [5, 5.41) is 0. The van der Waals surface area contributed by atoms with Crippen LogP contribution in [0, 0.1) is 0 Å². The maximum Gasteiger partial charge on any atom is 0.673 e. The first-order valence-electron chi connectivity index (χ1n) is 17.5. The third-order valence-electron chi connectivity index (χ3n) is 7.82.